The maximum atomic E-state index is 11.3. The number of hydrogen-bond donors (Lipinski definition) is 0. The number of benzene rings is 1. The lowest BCUT2D eigenvalue weighted by Gasteiger charge is -2.09. The molecule has 120 valence electrons. The minimum atomic E-state index is -0.359. The molecule has 2 aromatic rings. The molecular formula is C18H19NO4. The lowest BCUT2D eigenvalue weighted by molar-refractivity contribution is -0.137. The number of hydrogen-bond acceptors (Lipinski definition) is 4. The molecule has 0 aliphatic heterocycles. The van der Waals surface area contributed by atoms with Gasteiger partial charge in [0.2, 0.25) is 0 Å². The first kappa shape index (κ1) is 16.5. The third kappa shape index (κ3) is 5.14. The van der Waals surface area contributed by atoms with Gasteiger partial charge in [-0.1, -0.05) is 12.1 Å². The van der Waals surface area contributed by atoms with Gasteiger partial charge >= 0.3 is 5.97 Å². The standard InChI is InChI=1S/C18H19NO4/c1-2-22-18(21)9-8-16-6-4-10-19(16)11-12-23-17-7-3-5-15(13-17)14-20/h3-10,13-14H,2,11-12H2,1H3. The topological polar surface area (TPSA) is 57.5 Å². The van der Waals surface area contributed by atoms with Crippen molar-refractivity contribution in [3.05, 3.63) is 59.9 Å². The Morgan fingerprint density at radius 1 is 1.26 bits per heavy atom. The molecule has 0 amide bonds. The van der Waals surface area contributed by atoms with Gasteiger partial charge in [0.1, 0.15) is 18.6 Å². The Hall–Kier alpha value is -2.82. The molecule has 0 saturated heterocycles. The van der Waals surface area contributed by atoms with Crippen molar-refractivity contribution in [2.75, 3.05) is 13.2 Å². The van der Waals surface area contributed by atoms with Crippen LogP contribution in [0.15, 0.2) is 48.7 Å². The van der Waals surface area contributed by atoms with Crippen LogP contribution in [0.3, 0.4) is 0 Å². The van der Waals surface area contributed by atoms with Crippen LogP contribution >= 0.6 is 0 Å². The van der Waals surface area contributed by atoms with Crippen LogP contribution in [0.4, 0.5) is 0 Å². The van der Waals surface area contributed by atoms with E-state index in [2.05, 4.69) is 0 Å². The highest BCUT2D eigenvalue weighted by molar-refractivity contribution is 5.86. The summed E-state index contributed by atoms with van der Waals surface area (Å²) in [6, 6.07) is 10.8. The number of aldehydes is 1. The van der Waals surface area contributed by atoms with Crippen LogP contribution in [0.5, 0.6) is 5.75 Å². The van der Waals surface area contributed by atoms with Gasteiger partial charge in [0.05, 0.1) is 13.2 Å². The number of carbonyl (C=O) groups excluding carboxylic acids is 2. The Labute approximate surface area is 135 Å². The molecule has 0 radical (unpaired) electrons. The van der Waals surface area contributed by atoms with Crippen molar-refractivity contribution in [1.29, 1.82) is 0 Å². The van der Waals surface area contributed by atoms with Gasteiger partial charge in [0.25, 0.3) is 0 Å². The highest BCUT2D eigenvalue weighted by atomic mass is 16.5. The van der Waals surface area contributed by atoms with Crippen molar-refractivity contribution >= 4 is 18.3 Å². The van der Waals surface area contributed by atoms with Gasteiger partial charge in [-0.15, -0.1) is 0 Å². The maximum absolute atomic E-state index is 11.3. The van der Waals surface area contributed by atoms with E-state index in [1.54, 1.807) is 31.2 Å². The van der Waals surface area contributed by atoms with E-state index in [0.717, 1.165) is 12.0 Å². The molecule has 0 bridgehead atoms. The fourth-order valence-electron chi connectivity index (χ4n) is 2.07. The number of ether oxygens (including phenoxy) is 2. The predicted molar refractivity (Wildman–Crippen MR) is 87.4 cm³/mol. The second-order valence-electron chi connectivity index (χ2n) is 4.75. The van der Waals surface area contributed by atoms with E-state index in [1.165, 1.54) is 6.08 Å². The van der Waals surface area contributed by atoms with Gasteiger partial charge in [0.15, 0.2) is 0 Å². The Balaban J connectivity index is 1.90. The van der Waals surface area contributed by atoms with Gasteiger partial charge in [0, 0.05) is 23.5 Å². The van der Waals surface area contributed by atoms with Crippen LogP contribution < -0.4 is 4.74 Å². The van der Waals surface area contributed by atoms with E-state index in [0.29, 0.717) is 31.1 Å². The normalized spacial score (nSPS) is 10.7. The second-order valence-corrected chi connectivity index (χ2v) is 4.75. The van der Waals surface area contributed by atoms with Crippen molar-refractivity contribution in [1.82, 2.24) is 4.57 Å². The summed E-state index contributed by atoms with van der Waals surface area (Å²) in [4.78, 5) is 22.1. The minimum absolute atomic E-state index is 0.359. The van der Waals surface area contributed by atoms with Crippen molar-refractivity contribution < 1.29 is 19.1 Å². The van der Waals surface area contributed by atoms with Crippen molar-refractivity contribution in [3.8, 4) is 5.75 Å². The number of carbonyl (C=O) groups is 2. The van der Waals surface area contributed by atoms with Crippen LogP contribution in [0, 0.1) is 0 Å². The summed E-state index contributed by atoms with van der Waals surface area (Å²) in [6.45, 7) is 3.21. The maximum Gasteiger partial charge on any atom is 0.330 e. The van der Waals surface area contributed by atoms with E-state index >= 15 is 0 Å². The zero-order chi connectivity index (χ0) is 16.5. The largest absolute Gasteiger partial charge is 0.492 e. The van der Waals surface area contributed by atoms with E-state index in [9.17, 15) is 9.59 Å². The smallest absolute Gasteiger partial charge is 0.330 e. The summed E-state index contributed by atoms with van der Waals surface area (Å²) in [5, 5.41) is 0. The molecule has 0 aliphatic carbocycles. The molecule has 1 aromatic heterocycles. The van der Waals surface area contributed by atoms with E-state index in [1.807, 2.05) is 29.0 Å². The van der Waals surface area contributed by atoms with Gasteiger partial charge in [-0.05, 0) is 37.3 Å². The summed E-state index contributed by atoms with van der Waals surface area (Å²) in [5.74, 6) is 0.299. The average molecular weight is 313 g/mol. The summed E-state index contributed by atoms with van der Waals surface area (Å²) in [7, 11) is 0. The molecule has 0 spiro atoms. The lowest BCUT2D eigenvalue weighted by Crippen LogP contribution is -2.08. The quantitative estimate of drug-likeness (QED) is 0.427. The molecule has 0 fully saturated rings. The zero-order valence-corrected chi connectivity index (χ0v) is 13.0. The molecule has 2 rings (SSSR count). The number of nitrogens with zero attached hydrogens (tertiary/aromatic N) is 1. The summed E-state index contributed by atoms with van der Waals surface area (Å²) in [6.07, 6.45) is 5.82. The Kier molecular flexibility index (Phi) is 6.17. The third-order valence-corrected chi connectivity index (χ3v) is 3.14. The van der Waals surface area contributed by atoms with E-state index < -0.39 is 0 Å². The first-order valence-electron chi connectivity index (χ1n) is 7.41. The summed E-state index contributed by atoms with van der Waals surface area (Å²) >= 11 is 0. The third-order valence-electron chi connectivity index (χ3n) is 3.14. The first-order valence-corrected chi connectivity index (χ1v) is 7.41. The molecule has 0 unspecified atom stereocenters. The Morgan fingerprint density at radius 2 is 2.13 bits per heavy atom. The highest BCUT2D eigenvalue weighted by Crippen LogP contribution is 2.12. The number of aromatic nitrogens is 1. The van der Waals surface area contributed by atoms with Crippen LogP contribution in [0.25, 0.3) is 6.08 Å². The molecule has 0 atom stereocenters. The van der Waals surface area contributed by atoms with Crippen molar-refractivity contribution in [2.45, 2.75) is 13.5 Å². The Bertz CT molecular complexity index is 688. The minimum Gasteiger partial charge on any atom is -0.492 e. The second kappa shape index (κ2) is 8.58. The molecule has 0 N–H and O–H groups in total. The first-order chi connectivity index (χ1) is 11.2. The zero-order valence-electron chi connectivity index (χ0n) is 13.0. The van der Waals surface area contributed by atoms with E-state index in [4.69, 9.17) is 9.47 Å². The van der Waals surface area contributed by atoms with Gasteiger partial charge in [-0.3, -0.25) is 4.79 Å². The number of rotatable bonds is 8. The van der Waals surface area contributed by atoms with Crippen molar-refractivity contribution in [3.63, 3.8) is 0 Å². The van der Waals surface area contributed by atoms with Gasteiger partial charge in [-0.2, -0.15) is 0 Å². The van der Waals surface area contributed by atoms with Crippen LogP contribution in [0.1, 0.15) is 23.0 Å². The van der Waals surface area contributed by atoms with Gasteiger partial charge in [-0.25, -0.2) is 4.79 Å². The molecule has 0 saturated carbocycles. The van der Waals surface area contributed by atoms with Crippen LogP contribution in [0.2, 0.25) is 0 Å². The summed E-state index contributed by atoms with van der Waals surface area (Å²) in [5.41, 5.74) is 1.48. The molecule has 1 aromatic carbocycles. The fraction of sp³-hybridized carbons (Fsp3) is 0.222. The Morgan fingerprint density at radius 3 is 2.91 bits per heavy atom. The monoisotopic (exact) mass is 313 g/mol. The number of esters is 1. The molecule has 1 heterocycles. The molecule has 0 aliphatic rings. The summed E-state index contributed by atoms with van der Waals surface area (Å²) < 4.78 is 12.5. The molecular weight excluding hydrogens is 294 g/mol. The van der Waals surface area contributed by atoms with Crippen molar-refractivity contribution in [2.24, 2.45) is 0 Å². The van der Waals surface area contributed by atoms with Gasteiger partial charge < -0.3 is 14.0 Å². The SMILES string of the molecule is CCOC(=O)C=Cc1cccn1CCOc1cccc(C=O)c1. The van der Waals surface area contributed by atoms with Crippen LogP contribution in [-0.2, 0) is 16.1 Å². The average Bonchev–Trinajstić information content (AvgIpc) is 3.01. The predicted octanol–water partition coefficient (Wildman–Crippen LogP) is 2.96. The lowest BCUT2D eigenvalue weighted by atomic mass is 10.2. The molecule has 5 heteroatoms. The van der Waals surface area contributed by atoms with Crippen LogP contribution in [-0.4, -0.2) is 30.0 Å². The fourth-order valence-corrected chi connectivity index (χ4v) is 2.07. The van der Waals surface area contributed by atoms with E-state index in [-0.39, 0.29) is 5.97 Å². The molecule has 5 nitrogen and oxygen atoms in total. The highest BCUT2D eigenvalue weighted by Gasteiger charge is 2.01. The molecule has 23 heavy (non-hydrogen) atoms.